The van der Waals surface area contributed by atoms with Crippen LogP contribution in [0, 0.1) is 10.1 Å². The number of non-ortho nitro benzene ring substituents is 1. The van der Waals surface area contributed by atoms with E-state index in [1.54, 1.807) is 12.1 Å². The molecule has 0 saturated carbocycles. The molecule has 0 fully saturated rings. The molecule has 0 aromatic heterocycles. The highest BCUT2D eigenvalue weighted by Crippen LogP contribution is 2.32. The van der Waals surface area contributed by atoms with Crippen LogP contribution in [-0.2, 0) is 4.79 Å². The Balaban J connectivity index is 2.56. The average Bonchev–Trinajstić information content (AvgIpc) is 2.53. The number of nitro groups is 1. The Labute approximate surface area is 158 Å². The fourth-order valence-electron chi connectivity index (χ4n) is 2.93. The molecule has 0 saturated heterocycles. The summed E-state index contributed by atoms with van der Waals surface area (Å²) in [5.41, 5.74) is 1.44. The van der Waals surface area contributed by atoms with E-state index in [2.05, 4.69) is 10.6 Å². The third-order valence-corrected chi connectivity index (χ3v) is 4.40. The van der Waals surface area contributed by atoms with Gasteiger partial charge < -0.3 is 15.5 Å². The number of nitro benzene ring substituents is 1. The van der Waals surface area contributed by atoms with Crippen molar-refractivity contribution in [3.05, 3.63) is 51.2 Å². The first-order valence-electron chi connectivity index (χ1n) is 8.40. The number of nitrogens with zero attached hydrogens (tertiary/aromatic N) is 2. The molecule has 1 aliphatic rings. The minimum absolute atomic E-state index is 0.0265. The largest absolute Gasteiger partial charge is 0.351 e. The highest BCUT2D eigenvalue weighted by Gasteiger charge is 2.34. The molecule has 1 aliphatic heterocycles. The number of carbonyl (C=O) groups is 1. The molecule has 2 N–H and O–H groups in total. The zero-order valence-corrected chi connectivity index (χ0v) is 16.4. The first kappa shape index (κ1) is 19.8. The Morgan fingerprint density at radius 1 is 1.42 bits per heavy atom. The summed E-state index contributed by atoms with van der Waals surface area (Å²) in [6.45, 7) is 10.1. The molecule has 1 heterocycles. The topological polar surface area (TPSA) is 87.5 Å². The van der Waals surface area contributed by atoms with Gasteiger partial charge in [-0.3, -0.25) is 14.9 Å². The molecule has 1 amide bonds. The average molecular weight is 376 g/mol. The van der Waals surface area contributed by atoms with Crippen LogP contribution in [0.3, 0.4) is 0 Å². The predicted octanol–water partition coefficient (Wildman–Crippen LogP) is 3.03. The van der Waals surface area contributed by atoms with Crippen molar-refractivity contribution in [3.63, 3.8) is 0 Å². The second-order valence-electron chi connectivity index (χ2n) is 7.18. The molecule has 1 atom stereocenters. The zero-order chi connectivity index (χ0) is 19.6. The number of thiocarbonyl (C=S) groups is 1. The normalized spacial score (nSPS) is 17.8. The van der Waals surface area contributed by atoms with E-state index in [0.29, 0.717) is 22.8 Å². The van der Waals surface area contributed by atoms with E-state index >= 15 is 0 Å². The summed E-state index contributed by atoms with van der Waals surface area (Å²) in [6.07, 6.45) is 0. The highest BCUT2D eigenvalue weighted by atomic mass is 32.1. The van der Waals surface area contributed by atoms with E-state index in [4.69, 9.17) is 12.2 Å². The molecular formula is C18H24N4O3S. The number of nitrogens with one attached hydrogen (secondary N) is 2. The summed E-state index contributed by atoms with van der Waals surface area (Å²) < 4.78 is 0. The van der Waals surface area contributed by atoms with Crippen LogP contribution in [0.4, 0.5) is 5.69 Å². The summed E-state index contributed by atoms with van der Waals surface area (Å²) in [6, 6.07) is 5.71. The molecule has 140 valence electrons. The second-order valence-corrected chi connectivity index (χ2v) is 7.57. The van der Waals surface area contributed by atoms with Crippen LogP contribution in [0.5, 0.6) is 0 Å². The van der Waals surface area contributed by atoms with Crippen LogP contribution >= 0.6 is 12.2 Å². The first-order valence-corrected chi connectivity index (χ1v) is 8.81. The van der Waals surface area contributed by atoms with Gasteiger partial charge in [-0.25, -0.2) is 0 Å². The van der Waals surface area contributed by atoms with Gasteiger partial charge in [-0.1, -0.05) is 12.1 Å². The van der Waals surface area contributed by atoms with Crippen molar-refractivity contribution in [3.8, 4) is 0 Å². The maximum absolute atomic E-state index is 13.0. The van der Waals surface area contributed by atoms with Crippen molar-refractivity contribution in [2.45, 2.75) is 46.2 Å². The molecular weight excluding hydrogens is 352 g/mol. The number of carbonyl (C=O) groups excluding carboxylic acids is 1. The van der Waals surface area contributed by atoms with E-state index < -0.39 is 16.5 Å². The van der Waals surface area contributed by atoms with E-state index in [1.165, 1.54) is 12.1 Å². The van der Waals surface area contributed by atoms with Crippen molar-refractivity contribution in [1.82, 2.24) is 15.5 Å². The van der Waals surface area contributed by atoms with Gasteiger partial charge in [0.05, 0.1) is 16.5 Å². The summed E-state index contributed by atoms with van der Waals surface area (Å²) in [5.74, 6) is -0.222. The molecule has 8 heteroatoms. The lowest BCUT2D eigenvalue weighted by molar-refractivity contribution is -0.384. The van der Waals surface area contributed by atoms with Crippen LogP contribution in [0.15, 0.2) is 35.5 Å². The van der Waals surface area contributed by atoms with E-state index in [9.17, 15) is 14.9 Å². The number of hydrogen-bond donors (Lipinski definition) is 2. The first-order chi connectivity index (χ1) is 12.0. The third kappa shape index (κ3) is 4.19. The highest BCUT2D eigenvalue weighted by molar-refractivity contribution is 7.80. The maximum Gasteiger partial charge on any atom is 0.269 e. The molecule has 0 aliphatic carbocycles. The van der Waals surface area contributed by atoms with Gasteiger partial charge >= 0.3 is 0 Å². The fraction of sp³-hybridized carbons (Fsp3) is 0.444. The third-order valence-electron chi connectivity index (χ3n) is 4.06. The van der Waals surface area contributed by atoms with Gasteiger partial charge in [0, 0.05) is 29.9 Å². The molecule has 1 aromatic rings. The van der Waals surface area contributed by atoms with Crippen LogP contribution < -0.4 is 10.6 Å². The molecule has 2 rings (SSSR count). The standard InChI is InChI=1S/C18H24N4O3S/c1-6-21-11(2)14(16(23)20-18(3,4)5)15(19-17(21)26)12-8-7-9-13(10-12)22(24)25/h7-10,15H,6H2,1-5H3,(H,19,26)(H,20,23)/t15-/m1/s1. The van der Waals surface area contributed by atoms with E-state index in [0.717, 1.165) is 5.70 Å². The Kier molecular flexibility index (Phi) is 5.65. The van der Waals surface area contributed by atoms with Crippen molar-refractivity contribution in [2.24, 2.45) is 0 Å². The van der Waals surface area contributed by atoms with Gasteiger partial charge in [0.25, 0.3) is 11.6 Å². The van der Waals surface area contributed by atoms with E-state index in [1.807, 2.05) is 39.5 Å². The molecule has 26 heavy (non-hydrogen) atoms. The van der Waals surface area contributed by atoms with Gasteiger partial charge in [-0.05, 0) is 52.4 Å². The van der Waals surface area contributed by atoms with Crippen molar-refractivity contribution < 1.29 is 9.72 Å². The van der Waals surface area contributed by atoms with Crippen LogP contribution in [0.1, 0.15) is 46.2 Å². The van der Waals surface area contributed by atoms with E-state index in [-0.39, 0.29) is 11.6 Å². The van der Waals surface area contributed by atoms with Crippen molar-refractivity contribution in [1.29, 1.82) is 0 Å². The molecule has 0 radical (unpaired) electrons. The minimum Gasteiger partial charge on any atom is -0.351 e. The Hall–Kier alpha value is -2.48. The lowest BCUT2D eigenvalue weighted by Crippen LogP contribution is -2.51. The lowest BCUT2D eigenvalue weighted by atomic mass is 9.93. The van der Waals surface area contributed by atoms with Crippen LogP contribution in [0.25, 0.3) is 0 Å². The van der Waals surface area contributed by atoms with Crippen molar-refractivity contribution in [2.75, 3.05) is 6.54 Å². The van der Waals surface area contributed by atoms with Gasteiger partial charge in [0.2, 0.25) is 0 Å². The number of amides is 1. The molecule has 7 nitrogen and oxygen atoms in total. The van der Waals surface area contributed by atoms with Crippen molar-refractivity contribution >= 4 is 28.9 Å². The van der Waals surface area contributed by atoms with Gasteiger partial charge in [0.1, 0.15) is 0 Å². The maximum atomic E-state index is 13.0. The molecule has 0 bridgehead atoms. The summed E-state index contributed by atoms with van der Waals surface area (Å²) in [7, 11) is 0. The Morgan fingerprint density at radius 2 is 2.08 bits per heavy atom. The van der Waals surface area contributed by atoms with Gasteiger partial charge in [-0.2, -0.15) is 0 Å². The summed E-state index contributed by atoms with van der Waals surface area (Å²) in [4.78, 5) is 25.5. The summed E-state index contributed by atoms with van der Waals surface area (Å²) >= 11 is 5.43. The monoisotopic (exact) mass is 376 g/mol. The minimum atomic E-state index is -0.549. The predicted molar refractivity (Wildman–Crippen MR) is 105 cm³/mol. The number of hydrogen-bond acceptors (Lipinski definition) is 4. The lowest BCUT2D eigenvalue weighted by Gasteiger charge is -2.38. The fourth-order valence-corrected chi connectivity index (χ4v) is 3.32. The summed E-state index contributed by atoms with van der Waals surface area (Å²) in [5, 5.41) is 17.8. The van der Waals surface area contributed by atoms with Gasteiger partial charge in [0.15, 0.2) is 5.11 Å². The van der Waals surface area contributed by atoms with Crippen LogP contribution in [-0.4, -0.2) is 32.9 Å². The number of rotatable bonds is 4. The second kappa shape index (κ2) is 7.41. The molecule has 0 spiro atoms. The quantitative estimate of drug-likeness (QED) is 0.477. The molecule has 1 aromatic carbocycles. The Morgan fingerprint density at radius 3 is 2.62 bits per heavy atom. The smallest absolute Gasteiger partial charge is 0.269 e. The Bertz CT molecular complexity index is 783. The SMILES string of the molecule is CCN1C(=S)N[C@H](c2cccc([N+](=O)[O-])c2)C(C(=O)NC(C)(C)C)=C1C. The zero-order valence-electron chi connectivity index (χ0n) is 15.6. The van der Waals surface area contributed by atoms with Gasteiger partial charge in [-0.15, -0.1) is 0 Å². The number of allylic oxidation sites excluding steroid dienone is 1. The molecule has 0 unspecified atom stereocenters. The van der Waals surface area contributed by atoms with Crippen LogP contribution in [0.2, 0.25) is 0 Å². The number of benzene rings is 1.